The van der Waals surface area contributed by atoms with Gasteiger partial charge >= 0.3 is 0 Å². The molecule has 0 radical (unpaired) electrons. The molecule has 150 valence electrons. The van der Waals surface area contributed by atoms with E-state index in [1.165, 1.54) is 37.7 Å². The fourth-order valence-corrected chi connectivity index (χ4v) is 8.49. The predicted octanol–water partition coefficient (Wildman–Crippen LogP) is 5.14. The Hall–Kier alpha value is -0.670. The molecule has 0 bridgehead atoms. The smallest absolute Gasteiger partial charge is 0.169 e. The van der Waals surface area contributed by atoms with Crippen molar-refractivity contribution in [2.24, 2.45) is 40.4 Å². The van der Waals surface area contributed by atoms with Gasteiger partial charge in [0.05, 0.1) is 13.2 Å². The van der Waals surface area contributed by atoms with E-state index < -0.39 is 0 Å². The zero-order chi connectivity index (χ0) is 19.0. The molecule has 4 fully saturated rings. The van der Waals surface area contributed by atoms with E-state index >= 15 is 0 Å². The summed E-state index contributed by atoms with van der Waals surface area (Å²) < 4.78 is 12.3. The van der Waals surface area contributed by atoms with Crippen LogP contribution < -0.4 is 0 Å². The Bertz CT molecular complexity index is 675. The maximum atomic E-state index is 12.3. The van der Waals surface area contributed by atoms with E-state index in [-0.39, 0.29) is 17.1 Å². The largest absolute Gasteiger partial charge is 0.348 e. The third-order valence-electron chi connectivity index (χ3n) is 9.76. The van der Waals surface area contributed by atoms with Gasteiger partial charge in [-0.25, -0.2) is 0 Å². The summed E-state index contributed by atoms with van der Waals surface area (Å²) in [6.45, 7) is 10.9. The molecule has 1 aliphatic heterocycles. The van der Waals surface area contributed by atoms with Crippen molar-refractivity contribution in [3.8, 4) is 0 Å². The highest BCUT2D eigenvalue weighted by Gasteiger charge is 2.63. The fourth-order valence-electron chi connectivity index (χ4n) is 8.49. The molecule has 7 unspecified atom stereocenters. The number of hydrogen-bond acceptors (Lipinski definition) is 3. The van der Waals surface area contributed by atoms with Crippen LogP contribution >= 0.6 is 0 Å². The summed E-state index contributed by atoms with van der Waals surface area (Å²) in [4.78, 5) is 12.3. The zero-order valence-corrected chi connectivity index (χ0v) is 17.6. The third kappa shape index (κ3) is 2.43. The first-order valence-corrected chi connectivity index (χ1v) is 11.3. The van der Waals surface area contributed by atoms with Crippen molar-refractivity contribution in [3.05, 3.63) is 11.6 Å². The van der Waals surface area contributed by atoms with Crippen LogP contribution in [0.3, 0.4) is 0 Å². The third-order valence-corrected chi connectivity index (χ3v) is 9.76. The molecule has 1 heterocycles. The van der Waals surface area contributed by atoms with Crippen molar-refractivity contribution in [3.63, 3.8) is 0 Å². The second-order valence-electron chi connectivity index (χ2n) is 10.9. The Morgan fingerprint density at radius 1 is 1.00 bits per heavy atom. The molecule has 7 atom stereocenters. The van der Waals surface area contributed by atoms with Gasteiger partial charge in [-0.2, -0.15) is 0 Å². The molecular weight excluding hydrogens is 336 g/mol. The van der Waals surface area contributed by atoms with Crippen LogP contribution in [0.15, 0.2) is 11.6 Å². The number of rotatable bonds is 1. The Kier molecular flexibility index (Phi) is 4.03. The first-order chi connectivity index (χ1) is 12.8. The standard InChI is InChI=1S/C24H36O3/c1-15-14-23(3)16(13-20(15)25)5-6-17-18-7-8-21(24(4)26-11-12-27-24)22(18,2)10-9-19(17)23/h13,15,17-19,21H,5-12,14H2,1-4H3. The number of carbonyl (C=O) groups excluding carboxylic acids is 1. The quantitative estimate of drug-likeness (QED) is 0.639. The molecule has 0 aromatic carbocycles. The molecule has 5 aliphatic rings. The summed E-state index contributed by atoms with van der Waals surface area (Å²) in [5.41, 5.74) is 2.06. The van der Waals surface area contributed by atoms with Crippen molar-refractivity contribution in [1.82, 2.24) is 0 Å². The highest BCUT2D eigenvalue weighted by atomic mass is 16.7. The SMILES string of the molecule is CC1CC2(C)C(=CC1=O)CCC1C2CCC2(C)C1CCC2C1(C)OCCO1. The molecule has 3 nitrogen and oxygen atoms in total. The second-order valence-corrected chi connectivity index (χ2v) is 10.9. The van der Waals surface area contributed by atoms with Gasteiger partial charge in [0.25, 0.3) is 0 Å². The minimum atomic E-state index is -0.369. The lowest BCUT2D eigenvalue weighted by atomic mass is 9.46. The van der Waals surface area contributed by atoms with Crippen LogP contribution in [0.5, 0.6) is 0 Å². The summed E-state index contributed by atoms with van der Waals surface area (Å²) in [6, 6.07) is 0. The average Bonchev–Trinajstić information content (AvgIpc) is 3.20. The van der Waals surface area contributed by atoms with E-state index in [0.717, 1.165) is 43.8 Å². The number of allylic oxidation sites excluding steroid dienone is 1. The zero-order valence-electron chi connectivity index (χ0n) is 17.6. The van der Waals surface area contributed by atoms with Crippen LogP contribution in [0.4, 0.5) is 0 Å². The monoisotopic (exact) mass is 372 g/mol. The maximum absolute atomic E-state index is 12.3. The minimum Gasteiger partial charge on any atom is -0.348 e. The van der Waals surface area contributed by atoms with Crippen LogP contribution in [-0.4, -0.2) is 24.8 Å². The number of fused-ring (bicyclic) bond motifs is 5. The number of ketones is 1. The summed E-state index contributed by atoms with van der Waals surface area (Å²) in [5.74, 6) is 3.06. The molecular formula is C24H36O3. The van der Waals surface area contributed by atoms with E-state index in [0.29, 0.717) is 17.1 Å². The van der Waals surface area contributed by atoms with Crippen molar-refractivity contribution in [1.29, 1.82) is 0 Å². The van der Waals surface area contributed by atoms with Crippen LogP contribution in [0, 0.1) is 40.4 Å². The van der Waals surface area contributed by atoms with Crippen LogP contribution in [0.25, 0.3) is 0 Å². The van der Waals surface area contributed by atoms with E-state index in [9.17, 15) is 4.79 Å². The summed E-state index contributed by atoms with van der Waals surface area (Å²) in [7, 11) is 0. The Morgan fingerprint density at radius 2 is 1.74 bits per heavy atom. The molecule has 0 aromatic heterocycles. The summed E-state index contributed by atoms with van der Waals surface area (Å²) in [6.07, 6.45) is 10.7. The van der Waals surface area contributed by atoms with Gasteiger partial charge in [-0.1, -0.05) is 26.3 Å². The van der Waals surface area contributed by atoms with Crippen molar-refractivity contribution < 1.29 is 14.3 Å². The van der Waals surface area contributed by atoms with Crippen LogP contribution in [0.1, 0.15) is 72.6 Å². The van der Waals surface area contributed by atoms with Crippen molar-refractivity contribution in [2.45, 2.75) is 78.4 Å². The molecule has 4 aliphatic carbocycles. The number of ether oxygens (including phenoxy) is 2. The summed E-state index contributed by atoms with van der Waals surface area (Å²) >= 11 is 0. The normalized spacial score (nSPS) is 51.3. The molecule has 3 heteroatoms. The van der Waals surface area contributed by atoms with Crippen molar-refractivity contribution in [2.75, 3.05) is 13.2 Å². The van der Waals surface area contributed by atoms with E-state index in [1.54, 1.807) is 0 Å². The lowest BCUT2D eigenvalue weighted by molar-refractivity contribution is -0.215. The predicted molar refractivity (Wildman–Crippen MR) is 105 cm³/mol. The van der Waals surface area contributed by atoms with E-state index in [2.05, 4.69) is 27.7 Å². The molecule has 0 spiro atoms. The highest BCUT2D eigenvalue weighted by molar-refractivity contribution is 5.93. The summed E-state index contributed by atoms with van der Waals surface area (Å²) in [5, 5.41) is 0. The topological polar surface area (TPSA) is 35.5 Å². The van der Waals surface area contributed by atoms with Gasteiger partial charge in [-0.15, -0.1) is 0 Å². The van der Waals surface area contributed by atoms with Crippen molar-refractivity contribution >= 4 is 5.78 Å². The minimum absolute atomic E-state index is 0.196. The molecule has 27 heavy (non-hydrogen) atoms. The molecule has 0 aromatic rings. The first-order valence-electron chi connectivity index (χ1n) is 11.3. The van der Waals surface area contributed by atoms with Gasteiger partial charge < -0.3 is 9.47 Å². The highest BCUT2D eigenvalue weighted by Crippen LogP contribution is 2.68. The molecule has 5 rings (SSSR count). The Morgan fingerprint density at radius 3 is 2.48 bits per heavy atom. The Labute approximate surface area is 164 Å². The van der Waals surface area contributed by atoms with Gasteiger partial charge in [-0.05, 0) is 86.5 Å². The Balaban J connectivity index is 1.46. The van der Waals surface area contributed by atoms with E-state index in [1.807, 2.05) is 6.08 Å². The molecule has 1 saturated heterocycles. The number of hydrogen-bond donors (Lipinski definition) is 0. The van der Waals surface area contributed by atoms with E-state index in [4.69, 9.17) is 9.47 Å². The van der Waals surface area contributed by atoms with Crippen LogP contribution in [0.2, 0.25) is 0 Å². The lowest BCUT2D eigenvalue weighted by Crippen LogP contribution is -2.53. The van der Waals surface area contributed by atoms with Gasteiger partial charge in [0.15, 0.2) is 11.6 Å². The maximum Gasteiger partial charge on any atom is 0.169 e. The van der Waals surface area contributed by atoms with Gasteiger partial charge in [-0.3, -0.25) is 4.79 Å². The van der Waals surface area contributed by atoms with Gasteiger partial charge in [0, 0.05) is 11.8 Å². The van der Waals surface area contributed by atoms with Crippen LogP contribution in [-0.2, 0) is 14.3 Å². The average molecular weight is 373 g/mol. The first kappa shape index (κ1) is 18.4. The molecule has 0 amide bonds. The molecule has 0 N–H and O–H groups in total. The van der Waals surface area contributed by atoms with Gasteiger partial charge in [0.1, 0.15) is 0 Å². The molecule has 3 saturated carbocycles. The van der Waals surface area contributed by atoms with Gasteiger partial charge in [0.2, 0.25) is 0 Å². The second kappa shape index (κ2) is 5.92. The lowest BCUT2D eigenvalue weighted by Gasteiger charge is -2.59. The number of carbonyl (C=O) groups is 1. The fraction of sp³-hybridized carbons (Fsp3) is 0.875.